The summed E-state index contributed by atoms with van der Waals surface area (Å²) in [5.41, 5.74) is 1.38. The van der Waals surface area contributed by atoms with Crippen molar-refractivity contribution in [1.82, 2.24) is 9.80 Å². The molecule has 2 N–H and O–H groups in total. The Bertz CT molecular complexity index is 1360. The predicted molar refractivity (Wildman–Crippen MR) is 170 cm³/mol. The smallest absolute Gasteiger partial charge is 0.389 e. The van der Waals surface area contributed by atoms with E-state index in [2.05, 4.69) is 10.2 Å². The molecular weight excluding hydrogens is 619 g/mol. The fourth-order valence-electron chi connectivity index (χ4n) is 5.66. The predicted octanol–water partition coefficient (Wildman–Crippen LogP) is 5.62. The maximum absolute atomic E-state index is 14.2. The number of halogens is 3. The molecule has 260 valence electrons. The largest absolute Gasteiger partial charge is 0.490 e. The van der Waals surface area contributed by atoms with Gasteiger partial charge in [0, 0.05) is 44.3 Å². The molecule has 0 radical (unpaired) electrons. The number of rotatable bonds is 9. The maximum Gasteiger partial charge on any atom is 0.389 e. The van der Waals surface area contributed by atoms with Gasteiger partial charge in [0.1, 0.15) is 5.75 Å². The van der Waals surface area contributed by atoms with Crippen LogP contribution in [0.2, 0.25) is 0 Å². The summed E-state index contributed by atoms with van der Waals surface area (Å²) in [5, 5.41) is 12.6. The Labute approximate surface area is 274 Å². The molecule has 0 aliphatic carbocycles. The van der Waals surface area contributed by atoms with Crippen LogP contribution < -0.4 is 19.5 Å². The van der Waals surface area contributed by atoms with Gasteiger partial charge in [-0.15, -0.1) is 0 Å². The van der Waals surface area contributed by atoms with Gasteiger partial charge in [-0.25, -0.2) is 0 Å². The fraction of sp³-hybridized carbons (Fsp3) is 0.588. The van der Waals surface area contributed by atoms with Gasteiger partial charge in [-0.1, -0.05) is 13.0 Å². The average molecular weight is 666 g/mol. The monoisotopic (exact) mass is 665 g/mol. The maximum atomic E-state index is 14.2. The van der Waals surface area contributed by atoms with Crippen LogP contribution in [0.15, 0.2) is 36.4 Å². The van der Waals surface area contributed by atoms with E-state index in [1.54, 1.807) is 17.9 Å². The standard InChI is InChI=1S/C34H46F3N3O7/c1-22-17-40(23(2)20-41)33(43)27-16-26(38-32(42)12-13-34(35,36)37)9-11-28(27)47-24(3)7-5-6-14-44-31(22)19-39(4)18-25-8-10-29-30(15-25)46-21-45-29/h8-11,15-16,22-24,31,41H,5-7,12-14,17-21H2,1-4H3,(H,38,42)/t22-,23-,24+,31-/m0/s1. The zero-order valence-electron chi connectivity index (χ0n) is 27.5. The van der Waals surface area contributed by atoms with Crippen LogP contribution in [0.1, 0.15) is 68.8 Å². The van der Waals surface area contributed by atoms with Gasteiger partial charge < -0.3 is 34.3 Å². The van der Waals surface area contributed by atoms with E-state index in [4.69, 9.17) is 18.9 Å². The van der Waals surface area contributed by atoms with E-state index in [-0.39, 0.29) is 49.3 Å². The van der Waals surface area contributed by atoms with Crippen LogP contribution >= 0.6 is 0 Å². The molecule has 13 heteroatoms. The molecule has 0 fully saturated rings. The third-order valence-electron chi connectivity index (χ3n) is 8.35. The molecule has 2 amide bonds. The lowest BCUT2D eigenvalue weighted by Crippen LogP contribution is -2.47. The van der Waals surface area contributed by atoms with Crippen molar-refractivity contribution in [3.05, 3.63) is 47.5 Å². The van der Waals surface area contributed by atoms with E-state index in [0.717, 1.165) is 24.2 Å². The van der Waals surface area contributed by atoms with Gasteiger partial charge in [0.15, 0.2) is 11.5 Å². The summed E-state index contributed by atoms with van der Waals surface area (Å²) in [6.07, 6.45) is -4.60. The molecule has 0 saturated carbocycles. The summed E-state index contributed by atoms with van der Waals surface area (Å²) in [4.78, 5) is 30.2. The van der Waals surface area contributed by atoms with Gasteiger partial charge in [-0.2, -0.15) is 13.2 Å². The zero-order valence-corrected chi connectivity index (χ0v) is 27.5. The molecule has 2 aromatic rings. The number of hydrogen-bond acceptors (Lipinski definition) is 8. The Balaban J connectivity index is 1.56. The molecular formula is C34H46F3N3O7. The summed E-state index contributed by atoms with van der Waals surface area (Å²) >= 11 is 0. The lowest BCUT2D eigenvalue weighted by Gasteiger charge is -2.36. The summed E-state index contributed by atoms with van der Waals surface area (Å²) < 4.78 is 61.6. The Morgan fingerprint density at radius 3 is 2.60 bits per heavy atom. The Kier molecular flexibility index (Phi) is 12.8. The highest BCUT2D eigenvalue weighted by Gasteiger charge is 2.31. The third kappa shape index (κ3) is 10.7. The van der Waals surface area contributed by atoms with Crippen molar-refractivity contribution in [2.45, 2.75) is 83.8 Å². The SMILES string of the molecule is C[C@@H]1CCCCO[C@@H](CN(C)Cc2ccc3c(c2)OCO3)[C@@H](C)CN([C@@H](C)CO)C(=O)c2cc(NC(=O)CCC(F)(F)F)ccc2O1. The van der Waals surface area contributed by atoms with Gasteiger partial charge in [0.25, 0.3) is 5.91 Å². The third-order valence-corrected chi connectivity index (χ3v) is 8.35. The van der Waals surface area contributed by atoms with Gasteiger partial charge in [0.05, 0.1) is 36.8 Å². The molecule has 0 unspecified atom stereocenters. The quantitative estimate of drug-likeness (QED) is 0.355. The van der Waals surface area contributed by atoms with Crippen LogP contribution in [0.4, 0.5) is 18.9 Å². The number of nitrogens with one attached hydrogen (secondary N) is 1. The number of nitrogens with zero attached hydrogens (tertiary/aromatic N) is 2. The van der Waals surface area contributed by atoms with Gasteiger partial charge in [-0.3, -0.25) is 14.5 Å². The van der Waals surface area contributed by atoms with Crippen LogP contribution in [-0.2, 0) is 16.1 Å². The first-order chi connectivity index (χ1) is 22.3. The summed E-state index contributed by atoms with van der Waals surface area (Å²) in [6.45, 7) is 7.56. The fourth-order valence-corrected chi connectivity index (χ4v) is 5.66. The number of likely N-dealkylation sites (N-methyl/N-ethyl adjacent to an activating group) is 1. The minimum Gasteiger partial charge on any atom is -0.490 e. The molecule has 4 rings (SSSR count). The van der Waals surface area contributed by atoms with E-state index in [0.29, 0.717) is 37.6 Å². The van der Waals surface area contributed by atoms with E-state index < -0.39 is 36.9 Å². The highest BCUT2D eigenvalue weighted by atomic mass is 19.4. The van der Waals surface area contributed by atoms with E-state index in [9.17, 15) is 27.9 Å². The van der Waals surface area contributed by atoms with Crippen molar-refractivity contribution < 1.29 is 46.8 Å². The van der Waals surface area contributed by atoms with E-state index >= 15 is 0 Å². The number of fused-ring (bicyclic) bond motifs is 2. The van der Waals surface area contributed by atoms with Crippen LogP contribution in [0.25, 0.3) is 0 Å². The van der Waals surface area contributed by atoms with Crippen molar-refractivity contribution >= 4 is 17.5 Å². The second-order valence-corrected chi connectivity index (χ2v) is 12.6. The molecule has 0 spiro atoms. The number of carbonyl (C=O) groups excluding carboxylic acids is 2. The number of ether oxygens (including phenoxy) is 4. The highest BCUT2D eigenvalue weighted by Crippen LogP contribution is 2.33. The molecule has 0 bridgehead atoms. The zero-order chi connectivity index (χ0) is 34.1. The lowest BCUT2D eigenvalue weighted by molar-refractivity contribution is -0.142. The molecule has 47 heavy (non-hydrogen) atoms. The number of amides is 2. The first-order valence-corrected chi connectivity index (χ1v) is 16.1. The van der Waals surface area contributed by atoms with Crippen molar-refractivity contribution in [2.75, 3.05) is 45.5 Å². The normalized spacial score (nSPS) is 21.5. The first-order valence-electron chi connectivity index (χ1n) is 16.1. The summed E-state index contributed by atoms with van der Waals surface area (Å²) in [5.74, 6) is 0.337. The Morgan fingerprint density at radius 2 is 1.85 bits per heavy atom. The second-order valence-electron chi connectivity index (χ2n) is 12.6. The van der Waals surface area contributed by atoms with Crippen molar-refractivity contribution in [2.24, 2.45) is 5.92 Å². The number of alkyl halides is 3. The number of hydrogen-bond donors (Lipinski definition) is 2. The number of benzene rings is 2. The highest BCUT2D eigenvalue weighted by molar-refractivity contribution is 5.99. The van der Waals surface area contributed by atoms with E-state index in [1.807, 2.05) is 39.1 Å². The Morgan fingerprint density at radius 1 is 1.11 bits per heavy atom. The van der Waals surface area contributed by atoms with Crippen molar-refractivity contribution in [1.29, 1.82) is 0 Å². The van der Waals surface area contributed by atoms with E-state index in [1.165, 1.54) is 12.1 Å². The molecule has 2 aliphatic heterocycles. The first kappa shape index (κ1) is 36.3. The Hall–Kier alpha value is -3.55. The molecule has 2 aliphatic rings. The molecule has 0 saturated heterocycles. The van der Waals surface area contributed by atoms with Gasteiger partial charge >= 0.3 is 6.18 Å². The van der Waals surface area contributed by atoms with Gasteiger partial charge in [-0.05, 0) is 76.1 Å². The molecule has 4 atom stereocenters. The summed E-state index contributed by atoms with van der Waals surface area (Å²) in [7, 11) is 2.01. The minimum absolute atomic E-state index is 0.146. The molecule has 0 aromatic heterocycles. The molecule has 10 nitrogen and oxygen atoms in total. The number of anilines is 1. The number of aliphatic hydroxyl groups is 1. The minimum atomic E-state index is -4.46. The number of carbonyl (C=O) groups is 2. The molecule has 2 heterocycles. The lowest BCUT2D eigenvalue weighted by atomic mass is 10.0. The van der Waals surface area contributed by atoms with Crippen LogP contribution in [0.5, 0.6) is 17.2 Å². The van der Waals surface area contributed by atoms with Crippen molar-refractivity contribution in [3.63, 3.8) is 0 Å². The molecule has 2 aromatic carbocycles. The second kappa shape index (κ2) is 16.5. The average Bonchev–Trinajstić information content (AvgIpc) is 3.49. The topological polar surface area (TPSA) is 110 Å². The van der Waals surface area contributed by atoms with Crippen LogP contribution in [-0.4, -0.2) is 91.3 Å². The van der Waals surface area contributed by atoms with Crippen LogP contribution in [0.3, 0.4) is 0 Å². The van der Waals surface area contributed by atoms with Gasteiger partial charge in [0.2, 0.25) is 12.7 Å². The van der Waals surface area contributed by atoms with Crippen LogP contribution in [0, 0.1) is 5.92 Å². The number of aliphatic hydroxyl groups excluding tert-OH is 1. The van der Waals surface area contributed by atoms with Crippen molar-refractivity contribution in [3.8, 4) is 17.2 Å². The summed E-state index contributed by atoms with van der Waals surface area (Å²) in [6, 6.07) is 9.78.